The van der Waals surface area contributed by atoms with Crippen LogP contribution in [0.25, 0.3) is 0 Å². The summed E-state index contributed by atoms with van der Waals surface area (Å²) in [7, 11) is 0. The lowest BCUT2D eigenvalue weighted by molar-refractivity contribution is -0.121. The third kappa shape index (κ3) is 7.80. The van der Waals surface area contributed by atoms with E-state index in [1.807, 2.05) is 19.1 Å². The zero-order valence-electron chi connectivity index (χ0n) is 11.5. The van der Waals surface area contributed by atoms with Crippen LogP contribution < -0.4 is 11.1 Å². The summed E-state index contributed by atoms with van der Waals surface area (Å²) in [4.78, 5) is 15.7. The van der Waals surface area contributed by atoms with Gasteiger partial charge in [0.05, 0.1) is 6.04 Å². The van der Waals surface area contributed by atoms with Crippen LogP contribution in [-0.4, -0.2) is 17.4 Å². The number of unbranched alkanes of at least 4 members (excludes halogenated alkanes) is 3. The number of aromatic nitrogens is 1. The van der Waals surface area contributed by atoms with Gasteiger partial charge in [-0.3, -0.25) is 9.78 Å². The van der Waals surface area contributed by atoms with Crippen molar-refractivity contribution in [1.29, 1.82) is 0 Å². The van der Waals surface area contributed by atoms with Gasteiger partial charge in [0.15, 0.2) is 0 Å². The van der Waals surface area contributed by atoms with Gasteiger partial charge < -0.3 is 11.1 Å². The number of amides is 1. The average molecular weight is 286 g/mol. The van der Waals surface area contributed by atoms with E-state index >= 15 is 0 Å². The standard InChI is InChI=1S/C14H23N3O.ClH/c1-12(13-7-6-10-16-11-13)17-14(18)8-4-2-3-5-9-15;/h6-7,10-12H,2-5,8-9,15H2,1H3,(H,17,18);1H. The summed E-state index contributed by atoms with van der Waals surface area (Å²) in [5.41, 5.74) is 6.45. The Kier molecular flexibility index (Phi) is 10.1. The number of rotatable bonds is 8. The highest BCUT2D eigenvalue weighted by atomic mass is 35.5. The predicted molar refractivity (Wildman–Crippen MR) is 80.2 cm³/mol. The van der Waals surface area contributed by atoms with Crippen LogP contribution in [0, 0.1) is 0 Å². The van der Waals surface area contributed by atoms with Gasteiger partial charge in [-0.2, -0.15) is 0 Å². The van der Waals surface area contributed by atoms with Crippen molar-refractivity contribution >= 4 is 18.3 Å². The normalized spacial score (nSPS) is 11.5. The average Bonchev–Trinajstić information content (AvgIpc) is 2.39. The van der Waals surface area contributed by atoms with Crippen LogP contribution in [0.3, 0.4) is 0 Å². The van der Waals surface area contributed by atoms with E-state index in [2.05, 4.69) is 10.3 Å². The molecule has 0 aliphatic carbocycles. The summed E-state index contributed by atoms with van der Waals surface area (Å²) in [6.07, 6.45) is 8.28. The monoisotopic (exact) mass is 285 g/mol. The molecule has 0 saturated carbocycles. The summed E-state index contributed by atoms with van der Waals surface area (Å²) >= 11 is 0. The molecule has 5 heteroatoms. The Morgan fingerprint density at radius 1 is 1.37 bits per heavy atom. The van der Waals surface area contributed by atoms with Gasteiger partial charge in [0.2, 0.25) is 5.91 Å². The van der Waals surface area contributed by atoms with Crippen molar-refractivity contribution in [1.82, 2.24) is 10.3 Å². The topological polar surface area (TPSA) is 68.0 Å². The number of nitrogens with one attached hydrogen (secondary N) is 1. The third-order valence-corrected chi connectivity index (χ3v) is 2.92. The number of pyridine rings is 1. The van der Waals surface area contributed by atoms with Crippen LogP contribution in [0.5, 0.6) is 0 Å². The number of hydrogen-bond acceptors (Lipinski definition) is 3. The minimum Gasteiger partial charge on any atom is -0.350 e. The SMILES string of the molecule is CC(NC(=O)CCCCCCN)c1cccnc1.Cl. The zero-order chi connectivity index (χ0) is 13.2. The summed E-state index contributed by atoms with van der Waals surface area (Å²) < 4.78 is 0. The van der Waals surface area contributed by atoms with Crippen molar-refractivity contribution in [3.63, 3.8) is 0 Å². The quantitative estimate of drug-likeness (QED) is 0.722. The first-order chi connectivity index (χ1) is 8.74. The number of hydrogen-bond donors (Lipinski definition) is 2. The van der Waals surface area contributed by atoms with Crippen LogP contribution in [0.15, 0.2) is 24.5 Å². The highest BCUT2D eigenvalue weighted by molar-refractivity contribution is 5.85. The van der Waals surface area contributed by atoms with Crippen molar-refractivity contribution in [2.45, 2.75) is 45.1 Å². The van der Waals surface area contributed by atoms with Gasteiger partial charge in [-0.25, -0.2) is 0 Å². The van der Waals surface area contributed by atoms with Gasteiger partial charge in [-0.1, -0.05) is 18.9 Å². The molecule has 0 saturated heterocycles. The molecule has 1 amide bonds. The molecule has 1 unspecified atom stereocenters. The molecule has 19 heavy (non-hydrogen) atoms. The Bertz CT molecular complexity index is 346. The lowest BCUT2D eigenvalue weighted by Crippen LogP contribution is -2.26. The van der Waals surface area contributed by atoms with E-state index in [0.717, 1.165) is 37.8 Å². The maximum Gasteiger partial charge on any atom is 0.220 e. The van der Waals surface area contributed by atoms with Gasteiger partial charge in [0.25, 0.3) is 0 Å². The summed E-state index contributed by atoms with van der Waals surface area (Å²) in [5, 5.41) is 2.98. The summed E-state index contributed by atoms with van der Waals surface area (Å²) in [6.45, 7) is 2.72. The number of nitrogens with two attached hydrogens (primary N) is 1. The molecule has 0 spiro atoms. The Morgan fingerprint density at radius 2 is 2.11 bits per heavy atom. The number of carbonyl (C=O) groups excluding carboxylic acids is 1. The summed E-state index contributed by atoms with van der Waals surface area (Å²) in [5.74, 6) is 0.110. The fourth-order valence-corrected chi connectivity index (χ4v) is 1.81. The minimum atomic E-state index is 0. The molecule has 1 atom stereocenters. The largest absolute Gasteiger partial charge is 0.350 e. The second kappa shape index (κ2) is 10.8. The van der Waals surface area contributed by atoms with Crippen molar-refractivity contribution in [2.24, 2.45) is 5.73 Å². The number of nitrogens with zero attached hydrogens (tertiary/aromatic N) is 1. The fourth-order valence-electron chi connectivity index (χ4n) is 1.81. The molecule has 1 aromatic rings. The van der Waals surface area contributed by atoms with Crippen molar-refractivity contribution < 1.29 is 4.79 Å². The zero-order valence-corrected chi connectivity index (χ0v) is 12.3. The van der Waals surface area contributed by atoms with Gasteiger partial charge >= 0.3 is 0 Å². The Labute approximate surface area is 121 Å². The first-order valence-electron chi connectivity index (χ1n) is 6.63. The van der Waals surface area contributed by atoms with Gasteiger partial charge in [-0.05, 0) is 37.9 Å². The van der Waals surface area contributed by atoms with E-state index in [0.29, 0.717) is 6.42 Å². The summed E-state index contributed by atoms with van der Waals surface area (Å²) in [6, 6.07) is 3.87. The predicted octanol–water partition coefficient (Wildman–Crippen LogP) is 2.59. The van der Waals surface area contributed by atoms with E-state index in [1.54, 1.807) is 12.4 Å². The van der Waals surface area contributed by atoms with Gasteiger partial charge in [-0.15, -0.1) is 12.4 Å². The number of halogens is 1. The highest BCUT2D eigenvalue weighted by Gasteiger charge is 2.08. The van der Waals surface area contributed by atoms with Crippen LogP contribution in [0.1, 0.15) is 50.6 Å². The molecule has 0 aliphatic rings. The van der Waals surface area contributed by atoms with E-state index in [9.17, 15) is 4.79 Å². The molecule has 1 heterocycles. The van der Waals surface area contributed by atoms with Crippen molar-refractivity contribution in [2.75, 3.05) is 6.54 Å². The van der Waals surface area contributed by atoms with Crippen LogP contribution in [-0.2, 0) is 4.79 Å². The molecule has 4 nitrogen and oxygen atoms in total. The smallest absolute Gasteiger partial charge is 0.220 e. The van der Waals surface area contributed by atoms with E-state index in [4.69, 9.17) is 5.73 Å². The Hall–Kier alpha value is -1.13. The van der Waals surface area contributed by atoms with E-state index in [-0.39, 0.29) is 24.4 Å². The van der Waals surface area contributed by atoms with Crippen LogP contribution in [0.4, 0.5) is 0 Å². The molecule has 1 aromatic heterocycles. The molecule has 0 radical (unpaired) electrons. The van der Waals surface area contributed by atoms with Crippen LogP contribution >= 0.6 is 12.4 Å². The molecular weight excluding hydrogens is 262 g/mol. The lowest BCUT2D eigenvalue weighted by atomic mass is 10.1. The Morgan fingerprint density at radius 3 is 2.74 bits per heavy atom. The van der Waals surface area contributed by atoms with Gasteiger partial charge in [0, 0.05) is 18.8 Å². The molecule has 0 aliphatic heterocycles. The number of carbonyl (C=O) groups is 1. The van der Waals surface area contributed by atoms with Crippen molar-refractivity contribution in [3.05, 3.63) is 30.1 Å². The molecule has 0 aromatic carbocycles. The highest BCUT2D eigenvalue weighted by Crippen LogP contribution is 2.10. The van der Waals surface area contributed by atoms with Crippen molar-refractivity contribution in [3.8, 4) is 0 Å². The molecule has 1 rings (SSSR count). The molecule has 3 N–H and O–H groups in total. The first-order valence-corrected chi connectivity index (χ1v) is 6.63. The second-order valence-electron chi connectivity index (χ2n) is 4.53. The first kappa shape index (κ1) is 17.9. The van der Waals surface area contributed by atoms with Gasteiger partial charge in [0.1, 0.15) is 0 Å². The molecular formula is C14H24ClN3O. The lowest BCUT2D eigenvalue weighted by Gasteiger charge is -2.13. The molecule has 0 fully saturated rings. The molecule has 0 bridgehead atoms. The maximum absolute atomic E-state index is 11.7. The molecule has 108 valence electrons. The third-order valence-electron chi connectivity index (χ3n) is 2.92. The minimum absolute atomic E-state index is 0. The van der Waals surface area contributed by atoms with E-state index in [1.165, 1.54) is 0 Å². The fraction of sp³-hybridized carbons (Fsp3) is 0.571. The Balaban J connectivity index is 0.00000324. The second-order valence-corrected chi connectivity index (χ2v) is 4.53. The maximum atomic E-state index is 11.7. The van der Waals surface area contributed by atoms with E-state index < -0.39 is 0 Å². The van der Waals surface area contributed by atoms with Crippen LogP contribution in [0.2, 0.25) is 0 Å².